The first kappa shape index (κ1) is 13.9. The zero-order valence-corrected chi connectivity index (χ0v) is 12.7. The SMILES string of the molecule is Cc1nc(C)c(C(=O)NCC2COc3ccccc3O2)s1. The molecule has 0 saturated carbocycles. The van der Waals surface area contributed by atoms with Crippen molar-refractivity contribution in [3.63, 3.8) is 0 Å². The number of para-hydroxylation sites is 2. The highest BCUT2D eigenvalue weighted by Crippen LogP contribution is 2.30. The molecule has 1 aliphatic heterocycles. The number of amides is 1. The van der Waals surface area contributed by atoms with E-state index < -0.39 is 0 Å². The zero-order valence-electron chi connectivity index (χ0n) is 11.9. The summed E-state index contributed by atoms with van der Waals surface area (Å²) in [6.45, 7) is 4.57. The fourth-order valence-electron chi connectivity index (χ4n) is 2.19. The van der Waals surface area contributed by atoms with E-state index in [1.165, 1.54) is 11.3 Å². The van der Waals surface area contributed by atoms with Gasteiger partial charge in [0.1, 0.15) is 17.6 Å². The molecule has 1 aliphatic rings. The Hall–Kier alpha value is -2.08. The lowest BCUT2D eigenvalue weighted by atomic mass is 10.2. The molecular weight excluding hydrogens is 288 g/mol. The molecule has 21 heavy (non-hydrogen) atoms. The Bertz CT molecular complexity index is 669. The third-order valence-corrected chi connectivity index (χ3v) is 4.24. The number of ether oxygens (including phenoxy) is 2. The van der Waals surface area contributed by atoms with Crippen LogP contribution in [0.5, 0.6) is 11.5 Å². The molecule has 1 aromatic heterocycles. The number of aryl methyl sites for hydroxylation is 2. The summed E-state index contributed by atoms with van der Waals surface area (Å²) in [6.07, 6.45) is -0.182. The number of aromatic nitrogens is 1. The molecule has 2 aromatic rings. The second-order valence-electron chi connectivity index (χ2n) is 4.86. The van der Waals surface area contributed by atoms with Gasteiger partial charge in [-0.25, -0.2) is 4.98 Å². The molecule has 0 saturated heterocycles. The van der Waals surface area contributed by atoms with Gasteiger partial charge in [0.15, 0.2) is 11.5 Å². The average Bonchev–Trinajstić information content (AvgIpc) is 2.83. The van der Waals surface area contributed by atoms with E-state index in [4.69, 9.17) is 9.47 Å². The van der Waals surface area contributed by atoms with Crippen molar-refractivity contribution in [3.8, 4) is 11.5 Å². The largest absolute Gasteiger partial charge is 0.486 e. The molecule has 0 aliphatic carbocycles. The van der Waals surface area contributed by atoms with Gasteiger partial charge in [0, 0.05) is 0 Å². The van der Waals surface area contributed by atoms with Crippen LogP contribution in [0.4, 0.5) is 0 Å². The number of thiazole rings is 1. The van der Waals surface area contributed by atoms with E-state index in [0.29, 0.717) is 23.8 Å². The number of benzene rings is 1. The van der Waals surface area contributed by atoms with Crippen molar-refractivity contribution in [1.82, 2.24) is 10.3 Å². The van der Waals surface area contributed by atoms with E-state index >= 15 is 0 Å². The van der Waals surface area contributed by atoms with Crippen LogP contribution < -0.4 is 14.8 Å². The number of fused-ring (bicyclic) bond motifs is 1. The fourth-order valence-corrected chi connectivity index (χ4v) is 3.03. The highest BCUT2D eigenvalue weighted by Gasteiger charge is 2.22. The summed E-state index contributed by atoms with van der Waals surface area (Å²) in [5.41, 5.74) is 0.765. The Kier molecular flexibility index (Phi) is 3.79. The topological polar surface area (TPSA) is 60.5 Å². The number of nitrogens with zero attached hydrogens (tertiary/aromatic N) is 1. The van der Waals surface area contributed by atoms with Crippen LogP contribution in [0.25, 0.3) is 0 Å². The molecule has 0 radical (unpaired) electrons. The van der Waals surface area contributed by atoms with Crippen molar-refractivity contribution in [1.29, 1.82) is 0 Å². The van der Waals surface area contributed by atoms with Gasteiger partial charge in [-0.3, -0.25) is 4.79 Å². The maximum absolute atomic E-state index is 12.1. The number of nitrogens with one attached hydrogen (secondary N) is 1. The van der Waals surface area contributed by atoms with Gasteiger partial charge in [0.2, 0.25) is 0 Å². The molecule has 1 atom stereocenters. The number of hydrogen-bond acceptors (Lipinski definition) is 5. The summed E-state index contributed by atoms with van der Waals surface area (Å²) < 4.78 is 11.4. The van der Waals surface area contributed by atoms with Gasteiger partial charge in [-0.2, -0.15) is 0 Å². The van der Waals surface area contributed by atoms with Crippen LogP contribution in [0.1, 0.15) is 20.4 Å². The molecule has 1 aromatic carbocycles. The third-order valence-electron chi connectivity index (χ3n) is 3.17. The van der Waals surface area contributed by atoms with Crippen molar-refractivity contribution < 1.29 is 14.3 Å². The second kappa shape index (κ2) is 5.73. The first-order valence-electron chi connectivity index (χ1n) is 6.74. The number of carbonyl (C=O) groups is 1. The van der Waals surface area contributed by atoms with Crippen molar-refractivity contribution >= 4 is 17.2 Å². The number of rotatable bonds is 3. The lowest BCUT2D eigenvalue weighted by Crippen LogP contribution is -2.40. The van der Waals surface area contributed by atoms with Crippen LogP contribution in [-0.2, 0) is 0 Å². The minimum Gasteiger partial charge on any atom is -0.486 e. The van der Waals surface area contributed by atoms with Crippen LogP contribution in [0.15, 0.2) is 24.3 Å². The van der Waals surface area contributed by atoms with Gasteiger partial charge in [-0.05, 0) is 26.0 Å². The highest BCUT2D eigenvalue weighted by molar-refractivity contribution is 7.13. The van der Waals surface area contributed by atoms with Crippen molar-refractivity contribution in [2.24, 2.45) is 0 Å². The molecule has 0 spiro atoms. The molecule has 1 N–H and O–H groups in total. The van der Waals surface area contributed by atoms with E-state index in [1.807, 2.05) is 38.1 Å². The normalized spacial score (nSPS) is 16.6. The lowest BCUT2D eigenvalue weighted by molar-refractivity contribution is 0.0791. The zero-order chi connectivity index (χ0) is 14.8. The molecule has 0 bridgehead atoms. The molecule has 0 fully saturated rings. The van der Waals surface area contributed by atoms with Gasteiger partial charge in [-0.1, -0.05) is 12.1 Å². The standard InChI is InChI=1S/C15H16N2O3S/c1-9-14(21-10(2)17-9)15(18)16-7-11-8-19-12-5-3-4-6-13(12)20-11/h3-6,11H,7-8H2,1-2H3,(H,16,18). The van der Waals surface area contributed by atoms with Gasteiger partial charge >= 0.3 is 0 Å². The Balaban J connectivity index is 1.59. The van der Waals surface area contributed by atoms with Crippen LogP contribution in [0, 0.1) is 13.8 Å². The summed E-state index contributed by atoms with van der Waals surface area (Å²) >= 11 is 1.40. The van der Waals surface area contributed by atoms with Gasteiger partial charge < -0.3 is 14.8 Å². The van der Waals surface area contributed by atoms with Crippen LogP contribution in [-0.4, -0.2) is 30.1 Å². The lowest BCUT2D eigenvalue weighted by Gasteiger charge is -2.26. The van der Waals surface area contributed by atoms with Crippen LogP contribution in [0.3, 0.4) is 0 Å². The Morgan fingerprint density at radius 3 is 2.86 bits per heavy atom. The number of carbonyl (C=O) groups excluding carboxylic acids is 1. The molecule has 110 valence electrons. The molecule has 1 amide bonds. The monoisotopic (exact) mass is 304 g/mol. The van der Waals surface area contributed by atoms with E-state index in [1.54, 1.807) is 0 Å². The summed E-state index contributed by atoms with van der Waals surface area (Å²) in [5, 5.41) is 3.77. The summed E-state index contributed by atoms with van der Waals surface area (Å²) in [7, 11) is 0. The molecule has 1 unspecified atom stereocenters. The maximum atomic E-state index is 12.1. The minimum absolute atomic E-state index is 0.111. The van der Waals surface area contributed by atoms with E-state index in [2.05, 4.69) is 10.3 Å². The van der Waals surface area contributed by atoms with Gasteiger partial charge in [0.05, 0.1) is 17.2 Å². The first-order valence-corrected chi connectivity index (χ1v) is 7.56. The van der Waals surface area contributed by atoms with Crippen LogP contribution >= 0.6 is 11.3 Å². The molecule has 3 rings (SSSR count). The van der Waals surface area contributed by atoms with Crippen molar-refractivity contribution in [2.75, 3.05) is 13.2 Å². The third kappa shape index (κ3) is 3.00. The second-order valence-corrected chi connectivity index (χ2v) is 6.06. The van der Waals surface area contributed by atoms with Crippen LogP contribution in [0.2, 0.25) is 0 Å². The van der Waals surface area contributed by atoms with E-state index in [0.717, 1.165) is 16.5 Å². The maximum Gasteiger partial charge on any atom is 0.263 e. The molecule has 6 heteroatoms. The van der Waals surface area contributed by atoms with E-state index in [-0.39, 0.29) is 12.0 Å². The Morgan fingerprint density at radius 1 is 1.38 bits per heavy atom. The summed E-state index contributed by atoms with van der Waals surface area (Å²) in [6, 6.07) is 7.53. The quantitative estimate of drug-likeness (QED) is 0.945. The van der Waals surface area contributed by atoms with Gasteiger partial charge in [0.25, 0.3) is 5.91 Å². The fraction of sp³-hybridized carbons (Fsp3) is 0.333. The van der Waals surface area contributed by atoms with Gasteiger partial charge in [-0.15, -0.1) is 11.3 Å². The predicted molar refractivity (Wildman–Crippen MR) is 80.3 cm³/mol. The minimum atomic E-state index is -0.182. The summed E-state index contributed by atoms with van der Waals surface area (Å²) in [5.74, 6) is 1.35. The first-order chi connectivity index (χ1) is 10.1. The molecule has 2 heterocycles. The number of hydrogen-bond donors (Lipinski definition) is 1. The van der Waals surface area contributed by atoms with E-state index in [9.17, 15) is 4.79 Å². The Morgan fingerprint density at radius 2 is 2.14 bits per heavy atom. The summed E-state index contributed by atoms with van der Waals surface area (Å²) in [4.78, 5) is 17.0. The van der Waals surface area contributed by atoms with Crippen molar-refractivity contribution in [3.05, 3.63) is 39.8 Å². The predicted octanol–water partition coefficient (Wildman–Crippen LogP) is 2.33. The van der Waals surface area contributed by atoms with Crippen molar-refractivity contribution in [2.45, 2.75) is 20.0 Å². The molecular formula is C15H16N2O3S. The smallest absolute Gasteiger partial charge is 0.263 e. The average molecular weight is 304 g/mol. The molecule has 5 nitrogen and oxygen atoms in total. The highest BCUT2D eigenvalue weighted by atomic mass is 32.1. The Labute approximate surface area is 126 Å².